The average Bonchev–Trinajstić information content (AvgIpc) is 3.28. The minimum absolute atomic E-state index is 0.0291. The highest BCUT2D eigenvalue weighted by Crippen LogP contribution is 2.26. The molecule has 0 bridgehead atoms. The second kappa shape index (κ2) is 9.54. The second-order valence-corrected chi connectivity index (χ2v) is 11.7. The molecule has 0 amide bonds. The topological polar surface area (TPSA) is 96.0 Å². The molecular weight excluding hydrogens is 434 g/mol. The van der Waals surface area contributed by atoms with Gasteiger partial charge in [-0.05, 0) is 17.5 Å². The first-order valence-corrected chi connectivity index (χ1v) is 13.1. The smallest absolute Gasteiger partial charge is 0.252 e. The minimum Gasteiger partial charge on any atom is -0.496 e. The van der Waals surface area contributed by atoms with E-state index in [1.165, 1.54) is 21.8 Å². The number of para-hydroxylation sites is 1. The summed E-state index contributed by atoms with van der Waals surface area (Å²) in [7, 11) is -5.87. The summed E-state index contributed by atoms with van der Waals surface area (Å²) < 4.78 is 60.0. The Labute approximate surface area is 176 Å². The van der Waals surface area contributed by atoms with Crippen LogP contribution in [0.2, 0.25) is 0 Å². The molecule has 0 radical (unpaired) electrons. The minimum atomic E-state index is -3.83. The van der Waals surface area contributed by atoms with Crippen molar-refractivity contribution in [3.8, 4) is 5.75 Å². The van der Waals surface area contributed by atoms with Crippen LogP contribution in [0.5, 0.6) is 5.75 Å². The molecule has 1 aliphatic rings. The largest absolute Gasteiger partial charge is 0.496 e. The Morgan fingerprint density at radius 2 is 1.83 bits per heavy atom. The second-order valence-electron chi connectivity index (χ2n) is 6.55. The third-order valence-corrected chi connectivity index (χ3v) is 9.77. The quantitative estimate of drug-likeness (QED) is 0.605. The van der Waals surface area contributed by atoms with Gasteiger partial charge in [0, 0.05) is 44.8 Å². The molecule has 2 heterocycles. The van der Waals surface area contributed by atoms with E-state index in [1.54, 1.807) is 35.7 Å². The summed E-state index contributed by atoms with van der Waals surface area (Å²) >= 11 is 1.11. The molecule has 2 aromatic rings. The molecule has 1 N–H and O–H groups in total. The van der Waals surface area contributed by atoms with Crippen LogP contribution in [0, 0.1) is 0 Å². The Hall–Kier alpha value is -1.50. The van der Waals surface area contributed by atoms with Crippen LogP contribution in [-0.2, 0) is 26.6 Å². The van der Waals surface area contributed by atoms with Crippen LogP contribution < -0.4 is 10.1 Å². The number of hydrogen-bond acceptors (Lipinski definition) is 7. The van der Waals surface area contributed by atoms with E-state index in [1.807, 2.05) is 0 Å². The molecule has 1 saturated heterocycles. The maximum absolute atomic E-state index is 13.2. The normalized spacial score (nSPS) is 16.2. The van der Waals surface area contributed by atoms with Crippen LogP contribution in [0.25, 0.3) is 0 Å². The van der Waals surface area contributed by atoms with E-state index in [0.29, 0.717) is 37.5 Å². The first-order valence-electron chi connectivity index (χ1n) is 9.19. The maximum atomic E-state index is 13.2. The fourth-order valence-electron chi connectivity index (χ4n) is 3.11. The standard InChI is InChI=1S/C18H25N3O5S3/c1-26-17-6-3-2-5-16(17)15-21(29(24,25)18-7-4-13-27-18)12-14-28(22,23)20-10-8-19-9-11-20/h2-7,13,19H,8-12,14-15H2,1H3. The van der Waals surface area contributed by atoms with Gasteiger partial charge >= 0.3 is 0 Å². The third-order valence-electron chi connectivity index (χ3n) is 4.70. The molecule has 1 aromatic carbocycles. The number of benzene rings is 1. The van der Waals surface area contributed by atoms with Gasteiger partial charge in [-0.3, -0.25) is 0 Å². The van der Waals surface area contributed by atoms with Gasteiger partial charge in [-0.1, -0.05) is 24.3 Å². The molecule has 29 heavy (non-hydrogen) atoms. The van der Waals surface area contributed by atoms with E-state index in [2.05, 4.69) is 5.32 Å². The van der Waals surface area contributed by atoms with Crippen LogP contribution in [0.3, 0.4) is 0 Å². The lowest BCUT2D eigenvalue weighted by atomic mass is 10.2. The van der Waals surface area contributed by atoms with Gasteiger partial charge in [0.1, 0.15) is 9.96 Å². The van der Waals surface area contributed by atoms with Crippen molar-refractivity contribution in [2.75, 3.05) is 45.6 Å². The van der Waals surface area contributed by atoms with Crippen molar-refractivity contribution in [3.63, 3.8) is 0 Å². The molecule has 1 aliphatic heterocycles. The number of hydrogen-bond donors (Lipinski definition) is 1. The zero-order valence-electron chi connectivity index (χ0n) is 16.2. The summed E-state index contributed by atoms with van der Waals surface area (Å²) in [6, 6.07) is 10.3. The maximum Gasteiger partial charge on any atom is 0.252 e. The van der Waals surface area contributed by atoms with Crippen LogP contribution in [0.4, 0.5) is 0 Å². The van der Waals surface area contributed by atoms with Crippen molar-refractivity contribution in [2.45, 2.75) is 10.8 Å². The third kappa shape index (κ3) is 5.36. The highest BCUT2D eigenvalue weighted by Gasteiger charge is 2.30. The first-order chi connectivity index (χ1) is 13.8. The van der Waals surface area contributed by atoms with Crippen LogP contribution in [0.1, 0.15) is 5.56 Å². The van der Waals surface area contributed by atoms with Gasteiger partial charge in [-0.15, -0.1) is 11.3 Å². The number of sulfonamides is 2. The lowest BCUT2D eigenvalue weighted by Gasteiger charge is -2.28. The van der Waals surface area contributed by atoms with Crippen molar-refractivity contribution < 1.29 is 21.6 Å². The number of thiophene rings is 1. The van der Waals surface area contributed by atoms with Crippen molar-refractivity contribution in [1.82, 2.24) is 13.9 Å². The van der Waals surface area contributed by atoms with Crippen LogP contribution >= 0.6 is 11.3 Å². The van der Waals surface area contributed by atoms with E-state index < -0.39 is 20.0 Å². The van der Waals surface area contributed by atoms with Gasteiger partial charge < -0.3 is 10.1 Å². The monoisotopic (exact) mass is 459 g/mol. The molecule has 0 unspecified atom stereocenters. The number of methoxy groups -OCH3 is 1. The van der Waals surface area contributed by atoms with Crippen molar-refractivity contribution >= 4 is 31.4 Å². The van der Waals surface area contributed by atoms with Crippen LogP contribution in [0.15, 0.2) is 46.0 Å². The molecule has 8 nitrogen and oxygen atoms in total. The van der Waals surface area contributed by atoms with E-state index in [-0.39, 0.29) is 23.1 Å². The number of piperazine rings is 1. The summed E-state index contributed by atoms with van der Waals surface area (Å²) in [4.78, 5) is 0. The molecule has 11 heteroatoms. The predicted octanol–water partition coefficient (Wildman–Crippen LogP) is 1.18. The first kappa shape index (κ1) is 22.2. The van der Waals surface area contributed by atoms with Crippen LogP contribution in [-0.4, -0.2) is 71.0 Å². The summed E-state index contributed by atoms with van der Waals surface area (Å²) in [6.45, 7) is 1.88. The van der Waals surface area contributed by atoms with Gasteiger partial charge in [-0.2, -0.15) is 8.61 Å². The Morgan fingerprint density at radius 3 is 2.48 bits per heavy atom. The van der Waals surface area contributed by atoms with E-state index >= 15 is 0 Å². The summed E-state index contributed by atoms with van der Waals surface area (Å²) in [5.41, 5.74) is 0.676. The fraction of sp³-hybridized carbons (Fsp3) is 0.444. The van der Waals surface area contributed by atoms with Gasteiger partial charge in [0.15, 0.2) is 0 Å². The van der Waals surface area contributed by atoms with Crippen molar-refractivity contribution in [3.05, 3.63) is 47.3 Å². The molecule has 1 aromatic heterocycles. The van der Waals surface area contributed by atoms with Crippen molar-refractivity contribution in [2.24, 2.45) is 0 Å². The molecule has 160 valence electrons. The molecular formula is C18H25N3O5S3. The molecule has 1 fully saturated rings. The molecule has 0 atom stereocenters. The molecule has 0 aliphatic carbocycles. The summed E-state index contributed by atoms with van der Waals surface area (Å²) in [5, 5.41) is 4.80. The van der Waals surface area contributed by atoms with E-state index in [4.69, 9.17) is 4.74 Å². The Kier molecular flexibility index (Phi) is 7.30. The van der Waals surface area contributed by atoms with E-state index in [0.717, 1.165) is 11.3 Å². The summed E-state index contributed by atoms with van der Waals surface area (Å²) in [5.74, 6) is 0.288. The summed E-state index contributed by atoms with van der Waals surface area (Å²) in [6.07, 6.45) is 0. The highest BCUT2D eigenvalue weighted by molar-refractivity contribution is 7.91. The molecule has 3 rings (SSSR count). The lowest BCUT2D eigenvalue weighted by molar-refractivity contribution is 0.354. The van der Waals surface area contributed by atoms with Gasteiger partial charge in [0.05, 0.1) is 12.9 Å². The van der Waals surface area contributed by atoms with Gasteiger partial charge in [0.25, 0.3) is 10.0 Å². The number of nitrogens with zero attached hydrogens (tertiary/aromatic N) is 2. The zero-order chi connectivity index (χ0) is 20.9. The highest BCUT2D eigenvalue weighted by atomic mass is 32.2. The van der Waals surface area contributed by atoms with E-state index in [9.17, 15) is 16.8 Å². The van der Waals surface area contributed by atoms with Crippen molar-refractivity contribution in [1.29, 1.82) is 0 Å². The fourth-order valence-corrected chi connectivity index (χ4v) is 7.24. The van der Waals surface area contributed by atoms with Gasteiger partial charge in [-0.25, -0.2) is 16.8 Å². The zero-order valence-corrected chi connectivity index (χ0v) is 18.6. The number of nitrogens with one attached hydrogen (secondary N) is 1. The molecule has 0 saturated carbocycles. The lowest BCUT2D eigenvalue weighted by Crippen LogP contribution is -2.48. The molecule has 0 spiro atoms. The Morgan fingerprint density at radius 1 is 1.10 bits per heavy atom. The average molecular weight is 460 g/mol. The Balaban J connectivity index is 1.85. The number of rotatable bonds is 9. The SMILES string of the molecule is COc1ccccc1CN(CCS(=O)(=O)N1CCNCC1)S(=O)(=O)c1cccs1. The van der Waals surface area contributed by atoms with Gasteiger partial charge in [0.2, 0.25) is 10.0 Å². The Bertz CT molecular complexity index is 1000. The predicted molar refractivity (Wildman–Crippen MR) is 113 cm³/mol. The number of ether oxygens (including phenoxy) is 1.